The molecule has 5 heteroatoms. The Morgan fingerprint density at radius 3 is 2.67 bits per heavy atom. The van der Waals surface area contributed by atoms with Crippen molar-refractivity contribution in [2.75, 3.05) is 12.3 Å². The number of rotatable bonds is 6. The summed E-state index contributed by atoms with van der Waals surface area (Å²) in [5.41, 5.74) is 7.40. The summed E-state index contributed by atoms with van der Waals surface area (Å²) in [4.78, 5) is 3.96. The molecule has 1 atom stereocenters. The first kappa shape index (κ1) is 15.4. The van der Waals surface area contributed by atoms with Crippen LogP contribution in [-0.4, -0.2) is 11.5 Å². The topological polar surface area (TPSA) is 50.9 Å². The number of pyridine rings is 1. The molecular formula is C16H19F2N3. The second-order valence-corrected chi connectivity index (χ2v) is 4.97. The van der Waals surface area contributed by atoms with Crippen LogP contribution in [0.3, 0.4) is 0 Å². The second kappa shape index (κ2) is 7.13. The molecule has 0 radical (unpaired) electrons. The van der Waals surface area contributed by atoms with Gasteiger partial charge < -0.3 is 11.1 Å². The fraction of sp³-hybridized carbons (Fsp3) is 0.312. The van der Waals surface area contributed by atoms with Crippen LogP contribution in [0.15, 0.2) is 36.5 Å². The summed E-state index contributed by atoms with van der Waals surface area (Å²) in [5, 5.41) is 3.35. The molecule has 0 aliphatic heterocycles. The van der Waals surface area contributed by atoms with Gasteiger partial charge in [-0.3, -0.25) is 0 Å². The third kappa shape index (κ3) is 4.23. The van der Waals surface area contributed by atoms with E-state index >= 15 is 0 Å². The minimum absolute atomic E-state index is 0.0955. The number of hydrogen-bond donors (Lipinski definition) is 2. The molecule has 0 saturated heterocycles. The first-order chi connectivity index (χ1) is 10.1. The lowest BCUT2D eigenvalue weighted by Gasteiger charge is -2.19. The summed E-state index contributed by atoms with van der Waals surface area (Å²) in [5.74, 6) is -1.21. The van der Waals surface area contributed by atoms with Gasteiger partial charge >= 0.3 is 0 Å². The Labute approximate surface area is 123 Å². The van der Waals surface area contributed by atoms with Crippen molar-refractivity contribution >= 4 is 5.82 Å². The summed E-state index contributed by atoms with van der Waals surface area (Å²) < 4.78 is 26.5. The number of hydrogen-bond acceptors (Lipinski definition) is 3. The number of nitrogens with zero attached hydrogens (tertiary/aromatic N) is 1. The SMILES string of the molecule is CCCNC(Cc1ccnc(N)c1)c1ccc(F)c(F)c1. The molecule has 112 valence electrons. The molecule has 1 aromatic heterocycles. The Bertz CT molecular complexity index is 602. The van der Waals surface area contributed by atoms with E-state index in [-0.39, 0.29) is 6.04 Å². The van der Waals surface area contributed by atoms with E-state index in [2.05, 4.69) is 17.2 Å². The van der Waals surface area contributed by atoms with Crippen LogP contribution in [0, 0.1) is 11.6 Å². The molecule has 0 aliphatic rings. The lowest BCUT2D eigenvalue weighted by atomic mass is 9.99. The average Bonchev–Trinajstić information content (AvgIpc) is 2.46. The molecule has 0 amide bonds. The summed E-state index contributed by atoms with van der Waals surface area (Å²) >= 11 is 0. The van der Waals surface area contributed by atoms with E-state index in [4.69, 9.17) is 5.73 Å². The maximum absolute atomic E-state index is 13.4. The maximum atomic E-state index is 13.4. The van der Waals surface area contributed by atoms with Crippen LogP contribution in [0.25, 0.3) is 0 Å². The van der Waals surface area contributed by atoms with E-state index in [1.54, 1.807) is 18.3 Å². The largest absolute Gasteiger partial charge is 0.384 e. The number of aromatic nitrogens is 1. The number of anilines is 1. The van der Waals surface area contributed by atoms with Gasteiger partial charge in [0.1, 0.15) is 5.82 Å². The van der Waals surface area contributed by atoms with Gasteiger partial charge in [0.05, 0.1) is 0 Å². The van der Waals surface area contributed by atoms with Gasteiger partial charge in [-0.15, -0.1) is 0 Å². The molecule has 2 aromatic rings. The summed E-state index contributed by atoms with van der Waals surface area (Å²) in [6, 6.07) is 7.58. The van der Waals surface area contributed by atoms with Gasteiger partial charge in [-0.05, 0) is 54.8 Å². The normalized spacial score (nSPS) is 12.3. The zero-order chi connectivity index (χ0) is 15.2. The van der Waals surface area contributed by atoms with Crippen molar-refractivity contribution in [3.63, 3.8) is 0 Å². The van der Waals surface area contributed by atoms with Crippen molar-refractivity contribution in [2.45, 2.75) is 25.8 Å². The zero-order valence-corrected chi connectivity index (χ0v) is 11.9. The molecule has 0 bridgehead atoms. The predicted molar refractivity (Wildman–Crippen MR) is 79.7 cm³/mol. The Hall–Kier alpha value is -2.01. The van der Waals surface area contributed by atoms with E-state index in [1.807, 2.05) is 6.07 Å². The Balaban J connectivity index is 2.22. The van der Waals surface area contributed by atoms with E-state index in [0.29, 0.717) is 12.2 Å². The molecule has 1 heterocycles. The van der Waals surface area contributed by atoms with Crippen LogP contribution >= 0.6 is 0 Å². The lowest BCUT2D eigenvalue weighted by Crippen LogP contribution is -2.24. The Kier molecular flexibility index (Phi) is 5.22. The number of nitrogen functional groups attached to an aromatic ring is 1. The van der Waals surface area contributed by atoms with Crippen molar-refractivity contribution in [1.82, 2.24) is 10.3 Å². The molecule has 0 saturated carbocycles. The van der Waals surface area contributed by atoms with Crippen LogP contribution in [-0.2, 0) is 6.42 Å². The van der Waals surface area contributed by atoms with Gasteiger partial charge in [0.2, 0.25) is 0 Å². The van der Waals surface area contributed by atoms with E-state index < -0.39 is 11.6 Å². The second-order valence-electron chi connectivity index (χ2n) is 4.97. The highest BCUT2D eigenvalue weighted by atomic mass is 19.2. The highest BCUT2D eigenvalue weighted by Gasteiger charge is 2.14. The Morgan fingerprint density at radius 1 is 1.19 bits per heavy atom. The van der Waals surface area contributed by atoms with Crippen molar-refractivity contribution in [1.29, 1.82) is 0 Å². The average molecular weight is 291 g/mol. The third-order valence-electron chi connectivity index (χ3n) is 3.27. The minimum Gasteiger partial charge on any atom is -0.384 e. The van der Waals surface area contributed by atoms with E-state index in [0.717, 1.165) is 30.2 Å². The quantitative estimate of drug-likeness (QED) is 0.859. The first-order valence-electron chi connectivity index (χ1n) is 6.99. The first-order valence-corrected chi connectivity index (χ1v) is 6.99. The fourth-order valence-corrected chi connectivity index (χ4v) is 2.21. The Morgan fingerprint density at radius 2 is 2.00 bits per heavy atom. The van der Waals surface area contributed by atoms with Gasteiger partial charge in [-0.1, -0.05) is 13.0 Å². The van der Waals surface area contributed by atoms with Gasteiger partial charge in [-0.2, -0.15) is 0 Å². The van der Waals surface area contributed by atoms with Crippen LogP contribution in [0.5, 0.6) is 0 Å². The summed E-state index contributed by atoms with van der Waals surface area (Å²) in [7, 11) is 0. The molecule has 1 unspecified atom stereocenters. The molecule has 21 heavy (non-hydrogen) atoms. The van der Waals surface area contributed by atoms with Gasteiger partial charge in [0.25, 0.3) is 0 Å². The third-order valence-corrected chi connectivity index (χ3v) is 3.27. The number of benzene rings is 1. The van der Waals surface area contributed by atoms with Crippen molar-refractivity contribution < 1.29 is 8.78 Å². The predicted octanol–water partition coefficient (Wildman–Crippen LogP) is 3.23. The monoisotopic (exact) mass is 291 g/mol. The smallest absolute Gasteiger partial charge is 0.159 e. The highest BCUT2D eigenvalue weighted by molar-refractivity contribution is 5.33. The molecule has 3 nitrogen and oxygen atoms in total. The van der Waals surface area contributed by atoms with E-state index in [1.165, 1.54) is 6.07 Å². The maximum Gasteiger partial charge on any atom is 0.159 e. The molecule has 0 fully saturated rings. The highest BCUT2D eigenvalue weighted by Crippen LogP contribution is 2.21. The van der Waals surface area contributed by atoms with Crippen LogP contribution in [0.4, 0.5) is 14.6 Å². The molecule has 0 aliphatic carbocycles. The fourth-order valence-electron chi connectivity index (χ4n) is 2.21. The van der Waals surface area contributed by atoms with Gasteiger partial charge in [0, 0.05) is 12.2 Å². The van der Waals surface area contributed by atoms with Crippen LogP contribution < -0.4 is 11.1 Å². The standard InChI is InChI=1S/C16H19F2N3/c1-2-6-20-15(8-11-5-7-21-16(19)9-11)12-3-4-13(17)14(18)10-12/h3-5,7,9-10,15,20H,2,6,8H2,1H3,(H2,19,21). The van der Waals surface area contributed by atoms with Gasteiger partial charge in [-0.25, -0.2) is 13.8 Å². The van der Waals surface area contributed by atoms with Crippen LogP contribution in [0.1, 0.15) is 30.5 Å². The number of nitrogens with one attached hydrogen (secondary N) is 1. The summed E-state index contributed by atoms with van der Waals surface area (Å²) in [6.45, 7) is 2.85. The molecule has 3 N–H and O–H groups in total. The van der Waals surface area contributed by atoms with Gasteiger partial charge in [0.15, 0.2) is 11.6 Å². The summed E-state index contributed by atoms with van der Waals surface area (Å²) in [6.07, 6.45) is 3.24. The van der Waals surface area contributed by atoms with Crippen molar-refractivity contribution in [3.05, 3.63) is 59.3 Å². The van der Waals surface area contributed by atoms with E-state index in [9.17, 15) is 8.78 Å². The van der Waals surface area contributed by atoms with Crippen LogP contribution in [0.2, 0.25) is 0 Å². The van der Waals surface area contributed by atoms with Crippen molar-refractivity contribution in [2.24, 2.45) is 0 Å². The van der Waals surface area contributed by atoms with Crippen molar-refractivity contribution in [3.8, 4) is 0 Å². The molecule has 0 spiro atoms. The molecular weight excluding hydrogens is 272 g/mol. The zero-order valence-electron chi connectivity index (χ0n) is 11.9. The number of halogens is 2. The molecule has 2 rings (SSSR count). The minimum atomic E-state index is -0.832. The number of nitrogens with two attached hydrogens (primary N) is 1. The lowest BCUT2D eigenvalue weighted by molar-refractivity contribution is 0.493. The molecule has 1 aromatic carbocycles.